The van der Waals surface area contributed by atoms with Gasteiger partial charge in [-0.15, -0.1) is 0 Å². The largest absolute Gasteiger partial charge is 0.294 e. The van der Waals surface area contributed by atoms with Crippen LogP contribution in [0.25, 0.3) is 10.8 Å². The molecule has 3 nitrogen and oxygen atoms in total. The van der Waals surface area contributed by atoms with Crippen molar-refractivity contribution >= 4 is 37.7 Å². The summed E-state index contributed by atoms with van der Waals surface area (Å²) in [4.78, 5) is 12.1. The Kier molecular flexibility index (Phi) is 4.09. The van der Waals surface area contributed by atoms with E-state index in [0.29, 0.717) is 5.56 Å². The van der Waals surface area contributed by atoms with E-state index in [9.17, 15) is 13.2 Å². The lowest BCUT2D eigenvalue weighted by Crippen LogP contribution is -2.12. The number of rotatable bonds is 5. The van der Waals surface area contributed by atoms with Crippen LogP contribution in [-0.2, 0) is 9.84 Å². The third-order valence-electron chi connectivity index (χ3n) is 3.37. The molecule has 2 aromatic carbocycles. The molecule has 0 saturated heterocycles. The number of ketones is 1. The molecule has 0 fully saturated rings. The topological polar surface area (TPSA) is 51.2 Å². The van der Waals surface area contributed by atoms with E-state index in [2.05, 4.69) is 0 Å². The van der Waals surface area contributed by atoms with Crippen molar-refractivity contribution in [3.8, 4) is 0 Å². The molecule has 0 bridgehead atoms. The number of sulfone groups is 1. The number of carbonyl (C=O) groups is 1. The van der Waals surface area contributed by atoms with Crippen LogP contribution in [0.3, 0.4) is 0 Å². The van der Waals surface area contributed by atoms with Crippen molar-refractivity contribution in [2.75, 3.05) is 5.75 Å². The lowest BCUT2D eigenvalue weighted by atomic mass is 10.1. The van der Waals surface area contributed by atoms with E-state index in [-0.39, 0.29) is 16.4 Å². The number of hydrogen-bond acceptors (Lipinski definition) is 4. The summed E-state index contributed by atoms with van der Waals surface area (Å²) in [5.41, 5.74) is 0.527. The van der Waals surface area contributed by atoms with Gasteiger partial charge in [-0.2, -0.15) is 11.3 Å². The predicted molar refractivity (Wildman–Crippen MR) is 89.0 cm³/mol. The molecule has 0 aliphatic heterocycles. The van der Waals surface area contributed by atoms with Crippen LogP contribution in [0, 0.1) is 6.42 Å². The Morgan fingerprint density at radius 3 is 2.55 bits per heavy atom. The van der Waals surface area contributed by atoms with Gasteiger partial charge in [0.25, 0.3) is 0 Å². The van der Waals surface area contributed by atoms with Crippen LogP contribution in [0.15, 0.2) is 64.2 Å². The second-order valence-corrected chi connectivity index (χ2v) is 7.69. The number of carbonyl (C=O) groups excluding carboxylic acids is 1. The number of Topliss-reactive ketones (excluding diaryl/α,β-unsaturated/α-hetero) is 1. The van der Waals surface area contributed by atoms with Crippen molar-refractivity contribution in [3.63, 3.8) is 0 Å². The molecule has 0 unspecified atom stereocenters. The zero-order valence-electron chi connectivity index (χ0n) is 11.6. The minimum Gasteiger partial charge on any atom is -0.294 e. The van der Waals surface area contributed by atoms with Gasteiger partial charge in [-0.05, 0) is 34.4 Å². The molecule has 22 heavy (non-hydrogen) atoms. The summed E-state index contributed by atoms with van der Waals surface area (Å²) in [7, 11) is -3.51. The first-order valence-electron chi connectivity index (χ1n) is 6.67. The van der Waals surface area contributed by atoms with Gasteiger partial charge in [-0.25, -0.2) is 8.42 Å². The Hall–Kier alpha value is -1.98. The first-order valence-corrected chi connectivity index (χ1v) is 9.27. The van der Waals surface area contributed by atoms with Crippen molar-refractivity contribution in [1.29, 1.82) is 0 Å². The molecule has 1 radical (unpaired) electrons. The highest BCUT2D eigenvalue weighted by molar-refractivity contribution is 7.91. The third kappa shape index (κ3) is 3.10. The van der Waals surface area contributed by atoms with Gasteiger partial charge in [0.05, 0.1) is 10.6 Å². The van der Waals surface area contributed by atoms with Gasteiger partial charge in [-0.1, -0.05) is 30.3 Å². The van der Waals surface area contributed by atoms with Crippen LogP contribution in [-0.4, -0.2) is 20.0 Å². The highest BCUT2D eigenvalue weighted by Crippen LogP contribution is 2.20. The normalized spacial score (nSPS) is 11.6. The average molecular weight is 329 g/mol. The lowest BCUT2D eigenvalue weighted by Gasteiger charge is -2.05. The van der Waals surface area contributed by atoms with Gasteiger partial charge in [0, 0.05) is 17.4 Å². The van der Waals surface area contributed by atoms with Crippen LogP contribution < -0.4 is 0 Å². The van der Waals surface area contributed by atoms with E-state index >= 15 is 0 Å². The average Bonchev–Trinajstić information content (AvgIpc) is 3.07. The molecule has 3 rings (SSSR count). The van der Waals surface area contributed by atoms with Crippen molar-refractivity contribution in [1.82, 2.24) is 0 Å². The molecule has 5 heteroatoms. The van der Waals surface area contributed by atoms with Crippen molar-refractivity contribution in [3.05, 3.63) is 71.3 Å². The highest BCUT2D eigenvalue weighted by Gasteiger charge is 2.18. The first-order chi connectivity index (χ1) is 10.6. The number of thiophene rings is 1. The maximum Gasteiger partial charge on any atom is 0.179 e. The maximum absolute atomic E-state index is 12.4. The highest BCUT2D eigenvalue weighted by atomic mass is 32.2. The van der Waals surface area contributed by atoms with E-state index in [1.54, 1.807) is 35.0 Å². The molecule has 0 atom stereocenters. The monoisotopic (exact) mass is 329 g/mol. The van der Waals surface area contributed by atoms with Crippen LogP contribution in [0.1, 0.15) is 10.4 Å². The van der Waals surface area contributed by atoms with Crippen LogP contribution in [0.5, 0.6) is 0 Å². The fraction of sp³-hybridized carbons (Fsp3) is 0.0588. The molecule has 0 N–H and O–H groups in total. The molecule has 111 valence electrons. The second kappa shape index (κ2) is 6.02. The minimum atomic E-state index is -3.51. The fourth-order valence-corrected chi connectivity index (χ4v) is 3.96. The second-order valence-electron chi connectivity index (χ2n) is 4.87. The first kappa shape index (κ1) is 14.9. The smallest absolute Gasteiger partial charge is 0.179 e. The predicted octanol–water partition coefficient (Wildman–Crippen LogP) is 3.76. The zero-order chi connectivity index (χ0) is 15.6. The molecule has 0 saturated carbocycles. The zero-order valence-corrected chi connectivity index (χ0v) is 13.2. The van der Waals surface area contributed by atoms with Gasteiger partial charge >= 0.3 is 0 Å². The van der Waals surface area contributed by atoms with E-state index in [4.69, 9.17) is 0 Å². The van der Waals surface area contributed by atoms with Crippen LogP contribution in [0.4, 0.5) is 0 Å². The van der Waals surface area contributed by atoms with Gasteiger partial charge in [-0.3, -0.25) is 4.79 Å². The summed E-state index contributed by atoms with van der Waals surface area (Å²) < 4.78 is 24.7. The molecule has 0 amide bonds. The molecular weight excluding hydrogens is 316 g/mol. The Balaban J connectivity index is 1.80. The van der Waals surface area contributed by atoms with Gasteiger partial charge in [0.2, 0.25) is 0 Å². The lowest BCUT2D eigenvalue weighted by molar-refractivity contribution is 0.103. The molecule has 1 heterocycles. The van der Waals surface area contributed by atoms with Crippen molar-refractivity contribution < 1.29 is 13.2 Å². The van der Waals surface area contributed by atoms with E-state index < -0.39 is 9.84 Å². The Morgan fingerprint density at radius 1 is 1.05 bits per heavy atom. The van der Waals surface area contributed by atoms with Crippen molar-refractivity contribution in [2.45, 2.75) is 4.90 Å². The quantitative estimate of drug-likeness (QED) is 0.670. The SMILES string of the molecule is O=C([CH]CS(=O)(=O)c1ccc2ccccc2c1)c1ccsc1. The summed E-state index contributed by atoms with van der Waals surface area (Å²) in [6.07, 6.45) is 1.23. The molecule has 0 aliphatic carbocycles. The summed E-state index contributed by atoms with van der Waals surface area (Å²) in [6.45, 7) is 0. The van der Waals surface area contributed by atoms with Crippen LogP contribution >= 0.6 is 11.3 Å². The summed E-state index contributed by atoms with van der Waals surface area (Å²) >= 11 is 1.41. The van der Waals surface area contributed by atoms with E-state index in [1.165, 1.54) is 17.8 Å². The standard InChI is InChI=1S/C17H13O3S2/c18-17(15-7-9-21-12-15)8-10-22(19,20)16-6-5-13-3-1-2-4-14(13)11-16/h1-9,11-12H,10H2. The molecule has 0 aliphatic rings. The van der Waals surface area contributed by atoms with Gasteiger partial charge in [0.1, 0.15) is 0 Å². The maximum atomic E-state index is 12.4. The summed E-state index contributed by atoms with van der Waals surface area (Å²) in [6, 6.07) is 14.3. The number of fused-ring (bicyclic) bond motifs is 1. The van der Waals surface area contributed by atoms with Gasteiger partial charge in [0.15, 0.2) is 15.6 Å². The minimum absolute atomic E-state index is 0.237. The Labute approximate surface area is 133 Å². The molecular formula is C17H13O3S2. The summed E-state index contributed by atoms with van der Waals surface area (Å²) in [5, 5.41) is 5.35. The Bertz CT molecular complexity index is 910. The fourth-order valence-electron chi connectivity index (χ4n) is 2.17. The third-order valence-corrected chi connectivity index (χ3v) is 5.63. The van der Waals surface area contributed by atoms with Gasteiger partial charge < -0.3 is 0 Å². The molecule has 0 spiro atoms. The van der Waals surface area contributed by atoms with Crippen molar-refractivity contribution in [2.24, 2.45) is 0 Å². The Morgan fingerprint density at radius 2 is 1.82 bits per heavy atom. The number of benzene rings is 2. The van der Waals surface area contributed by atoms with Crippen LogP contribution in [0.2, 0.25) is 0 Å². The molecule has 1 aromatic heterocycles. The van der Waals surface area contributed by atoms with E-state index in [0.717, 1.165) is 10.8 Å². The molecule has 3 aromatic rings. The van der Waals surface area contributed by atoms with E-state index in [1.807, 2.05) is 24.3 Å². The number of hydrogen-bond donors (Lipinski definition) is 0. The summed E-state index contributed by atoms with van der Waals surface area (Å²) in [5.74, 6) is -0.550.